The minimum atomic E-state index is -0.282. The smallest absolute Gasteiger partial charge is 0.287 e. The molecular formula is C9H9BrN4O2. The van der Waals surface area contributed by atoms with Crippen LogP contribution in [0.4, 0.5) is 0 Å². The van der Waals surface area contributed by atoms with E-state index in [0.29, 0.717) is 28.6 Å². The molecule has 0 amide bonds. The molecule has 2 rings (SSSR count). The van der Waals surface area contributed by atoms with Crippen LogP contribution >= 0.6 is 15.9 Å². The van der Waals surface area contributed by atoms with E-state index in [4.69, 9.17) is 4.52 Å². The van der Waals surface area contributed by atoms with Crippen LogP contribution in [0.1, 0.15) is 17.5 Å². The van der Waals surface area contributed by atoms with Crippen LogP contribution in [-0.4, -0.2) is 19.7 Å². The highest BCUT2D eigenvalue weighted by molar-refractivity contribution is 9.10. The molecule has 2 heterocycles. The molecule has 16 heavy (non-hydrogen) atoms. The molecule has 0 N–H and O–H groups in total. The number of halogens is 1. The van der Waals surface area contributed by atoms with E-state index in [0.717, 1.165) is 0 Å². The van der Waals surface area contributed by atoms with Crippen molar-refractivity contribution in [2.24, 2.45) is 0 Å². The van der Waals surface area contributed by atoms with Crippen molar-refractivity contribution in [2.75, 3.05) is 0 Å². The standard InChI is InChI=1S/C9H9BrN4O2/c1-5-11-8(16-13-5)4-14-3-7(10)9(15)12-6(14)2/h3H,4H2,1-2H3. The number of nitrogens with zero attached hydrogens (tertiary/aromatic N) is 4. The van der Waals surface area contributed by atoms with Crippen molar-refractivity contribution in [2.45, 2.75) is 20.4 Å². The Morgan fingerprint density at radius 2 is 2.19 bits per heavy atom. The number of hydrogen-bond donors (Lipinski definition) is 0. The largest absolute Gasteiger partial charge is 0.337 e. The van der Waals surface area contributed by atoms with Gasteiger partial charge in [-0.3, -0.25) is 4.79 Å². The summed E-state index contributed by atoms with van der Waals surface area (Å²) in [5.74, 6) is 1.67. The Hall–Kier alpha value is -1.50. The number of aryl methyl sites for hydroxylation is 2. The van der Waals surface area contributed by atoms with Gasteiger partial charge in [0.15, 0.2) is 5.82 Å². The summed E-state index contributed by atoms with van der Waals surface area (Å²) in [4.78, 5) is 19.2. The van der Waals surface area contributed by atoms with Gasteiger partial charge in [-0.1, -0.05) is 5.16 Å². The molecular weight excluding hydrogens is 276 g/mol. The molecule has 0 aliphatic rings. The Morgan fingerprint density at radius 3 is 2.81 bits per heavy atom. The second-order valence-corrected chi connectivity index (χ2v) is 4.16. The van der Waals surface area contributed by atoms with Crippen LogP contribution < -0.4 is 5.56 Å². The van der Waals surface area contributed by atoms with Gasteiger partial charge in [0.05, 0.1) is 0 Å². The molecule has 0 atom stereocenters. The predicted octanol–water partition coefficient (Wildman–Crippen LogP) is 1.05. The van der Waals surface area contributed by atoms with E-state index in [1.165, 1.54) is 0 Å². The molecule has 0 aliphatic heterocycles. The normalized spacial score (nSPS) is 10.7. The molecule has 0 fully saturated rings. The quantitative estimate of drug-likeness (QED) is 0.824. The van der Waals surface area contributed by atoms with Crippen LogP contribution in [0.15, 0.2) is 20.0 Å². The minimum Gasteiger partial charge on any atom is -0.337 e. The van der Waals surface area contributed by atoms with Crippen molar-refractivity contribution < 1.29 is 4.52 Å². The molecule has 0 aliphatic carbocycles. The Bertz CT molecular complexity index is 575. The molecule has 0 aromatic carbocycles. The summed E-state index contributed by atoms with van der Waals surface area (Å²) >= 11 is 3.14. The topological polar surface area (TPSA) is 73.8 Å². The Balaban J connectivity index is 2.35. The van der Waals surface area contributed by atoms with Crippen molar-refractivity contribution >= 4 is 15.9 Å². The highest BCUT2D eigenvalue weighted by atomic mass is 79.9. The van der Waals surface area contributed by atoms with Crippen molar-refractivity contribution in [3.05, 3.63) is 38.6 Å². The van der Waals surface area contributed by atoms with Gasteiger partial charge in [-0.25, -0.2) is 0 Å². The lowest BCUT2D eigenvalue weighted by Gasteiger charge is -2.06. The van der Waals surface area contributed by atoms with E-state index in [2.05, 4.69) is 31.1 Å². The highest BCUT2D eigenvalue weighted by Crippen LogP contribution is 2.06. The molecule has 0 unspecified atom stereocenters. The fourth-order valence-corrected chi connectivity index (χ4v) is 1.60. The average Bonchev–Trinajstić information content (AvgIpc) is 2.60. The van der Waals surface area contributed by atoms with Gasteiger partial charge < -0.3 is 9.09 Å². The van der Waals surface area contributed by atoms with Gasteiger partial charge >= 0.3 is 0 Å². The van der Waals surface area contributed by atoms with Crippen LogP contribution in [0.5, 0.6) is 0 Å². The van der Waals surface area contributed by atoms with E-state index in [-0.39, 0.29) is 5.56 Å². The molecule has 0 saturated heterocycles. The average molecular weight is 285 g/mol. The van der Waals surface area contributed by atoms with Crippen LogP contribution in [0.25, 0.3) is 0 Å². The van der Waals surface area contributed by atoms with Crippen molar-refractivity contribution in [1.29, 1.82) is 0 Å². The van der Waals surface area contributed by atoms with E-state index in [9.17, 15) is 4.79 Å². The predicted molar refractivity (Wildman–Crippen MR) is 59.1 cm³/mol. The number of hydrogen-bond acceptors (Lipinski definition) is 5. The summed E-state index contributed by atoms with van der Waals surface area (Å²) in [5, 5.41) is 3.69. The first kappa shape index (κ1) is 11.0. The van der Waals surface area contributed by atoms with Gasteiger partial charge in [-0.2, -0.15) is 9.97 Å². The first-order valence-corrected chi connectivity index (χ1v) is 5.38. The van der Waals surface area contributed by atoms with Crippen molar-refractivity contribution in [1.82, 2.24) is 19.7 Å². The second kappa shape index (κ2) is 4.17. The van der Waals surface area contributed by atoms with E-state index in [1.807, 2.05) is 0 Å². The van der Waals surface area contributed by atoms with Gasteiger partial charge in [0.25, 0.3) is 5.56 Å². The summed E-state index contributed by atoms with van der Waals surface area (Å²) in [6, 6.07) is 0. The van der Waals surface area contributed by atoms with Crippen LogP contribution in [0.2, 0.25) is 0 Å². The lowest BCUT2D eigenvalue weighted by molar-refractivity contribution is 0.365. The van der Waals surface area contributed by atoms with E-state index in [1.54, 1.807) is 24.6 Å². The maximum Gasteiger partial charge on any atom is 0.287 e. The van der Waals surface area contributed by atoms with Crippen LogP contribution in [0.3, 0.4) is 0 Å². The van der Waals surface area contributed by atoms with Crippen LogP contribution in [0, 0.1) is 13.8 Å². The Morgan fingerprint density at radius 1 is 1.44 bits per heavy atom. The zero-order valence-electron chi connectivity index (χ0n) is 8.77. The molecule has 0 saturated carbocycles. The van der Waals surface area contributed by atoms with Gasteiger partial charge in [0.1, 0.15) is 16.8 Å². The van der Waals surface area contributed by atoms with E-state index >= 15 is 0 Å². The lowest BCUT2D eigenvalue weighted by atomic mass is 10.5. The monoisotopic (exact) mass is 284 g/mol. The third-order valence-electron chi connectivity index (χ3n) is 2.03. The molecule has 0 bridgehead atoms. The second-order valence-electron chi connectivity index (χ2n) is 3.30. The van der Waals surface area contributed by atoms with Gasteiger partial charge in [0.2, 0.25) is 5.89 Å². The molecule has 6 nitrogen and oxygen atoms in total. The number of rotatable bonds is 2. The number of aromatic nitrogens is 4. The summed E-state index contributed by atoms with van der Waals surface area (Å²) in [6.45, 7) is 3.90. The summed E-state index contributed by atoms with van der Waals surface area (Å²) < 4.78 is 7.16. The molecule has 84 valence electrons. The maximum absolute atomic E-state index is 11.2. The lowest BCUT2D eigenvalue weighted by Crippen LogP contribution is -2.16. The van der Waals surface area contributed by atoms with Crippen LogP contribution in [-0.2, 0) is 6.54 Å². The molecule has 7 heteroatoms. The van der Waals surface area contributed by atoms with E-state index < -0.39 is 0 Å². The molecule has 0 spiro atoms. The minimum absolute atomic E-state index is 0.282. The summed E-state index contributed by atoms with van der Waals surface area (Å²) in [5.41, 5.74) is -0.282. The molecule has 2 aromatic rings. The Kier molecular flexibility index (Phi) is 2.86. The highest BCUT2D eigenvalue weighted by Gasteiger charge is 2.07. The Labute approximate surface area is 99.4 Å². The fourth-order valence-electron chi connectivity index (χ4n) is 1.26. The zero-order chi connectivity index (χ0) is 11.7. The first-order valence-electron chi connectivity index (χ1n) is 4.59. The third kappa shape index (κ3) is 2.19. The van der Waals surface area contributed by atoms with Gasteiger partial charge in [-0.05, 0) is 29.8 Å². The summed E-state index contributed by atoms with van der Waals surface area (Å²) in [7, 11) is 0. The molecule has 0 radical (unpaired) electrons. The zero-order valence-corrected chi connectivity index (χ0v) is 10.4. The molecule has 2 aromatic heterocycles. The van der Waals surface area contributed by atoms with Gasteiger partial charge in [-0.15, -0.1) is 0 Å². The van der Waals surface area contributed by atoms with Crippen molar-refractivity contribution in [3.8, 4) is 0 Å². The maximum atomic E-state index is 11.2. The first-order chi connectivity index (χ1) is 7.56. The van der Waals surface area contributed by atoms with Gasteiger partial charge in [0, 0.05) is 6.20 Å². The fraction of sp³-hybridized carbons (Fsp3) is 0.333. The SMILES string of the molecule is Cc1noc(Cn2cc(Br)c(=O)nc2C)n1. The summed E-state index contributed by atoms with van der Waals surface area (Å²) in [6.07, 6.45) is 1.66. The van der Waals surface area contributed by atoms with Crippen molar-refractivity contribution in [3.63, 3.8) is 0 Å². The third-order valence-corrected chi connectivity index (χ3v) is 2.57.